The van der Waals surface area contributed by atoms with Crippen LogP contribution in [0.2, 0.25) is 0 Å². The average molecular weight is 413 g/mol. The van der Waals surface area contributed by atoms with Gasteiger partial charge in [0.05, 0.1) is 33.6 Å². The lowest BCUT2D eigenvalue weighted by Crippen LogP contribution is -2.12. The maximum atomic E-state index is 11.6. The molecule has 0 atom stereocenters. The number of primary sulfonamides is 1. The summed E-state index contributed by atoms with van der Waals surface area (Å²) in [5, 5.41) is 16.3. The fourth-order valence-electron chi connectivity index (χ4n) is 2.37. The van der Waals surface area contributed by atoms with Crippen LogP contribution >= 0.6 is 23.7 Å². The van der Waals surface area contributed by atoms with Gasteiger partial charge in [0.2, 0.25) is 10.0 Å². The molecule has 1 heterocycles. The van der Waals surface area contributed by atoms with Gasteiger partial charge < -0.3 is 10.1 Å². The number of anilines is 1. The molecule has 0 aliphatic heterocycles. The van der Waals surface area contributed by atoms with Gasteiger partial charge in [-0.25, -0.2) is 18.5 Å². The van der Waals surface area contributed by atoms with Gasteiger partial charge in [-0.1, -0.05) is 0 Å². The Bertz CT molecular complexity index is 1080. The molecule has 0 saturated heterocycles. The Morgan fingerprint density at radius 2 is 2.00 bits per heavy atom. The fourth-order valence-corrected chi connectivity index (χ4v) is 3.87. The van der Waals surface area contributed by atoms with E-state index < -0.39 is 10.0 Å². The van der Waals surface area contributed by atoms with Crippen molar-refractivity contribution in [3.63, 3.8) is 0 Å². The van der Waals surface area contributed by atoms with E-state index in [0.29, 0.717) is 22.2 Å². The molecule has 0 aliphatic carbocycles. The van der Waals surface area contributed by atoms with E-state index in [0.717, 1.165) is 15.9 Å². The molecule has 3 aromatic rings. The molecule has 1 aromatic heterocycles. The highest BCUT2D eigenvalue weighted by Gasteiger charge is 2.16. The smallest absolute Gasteiger partial charge is 0.238 e. The molecular formula is C16H17ClN4O3S2. The lowest BCUT2D eigenvalue weighted by Gasteiger charge is -2.07. The Morgan fingerprint density at radius 3 is 2.62 bits per heavy atom. The van der Waals surface area contributed by atoms with Gasteiger partial charge in [0.15, 0.2) is 0 Å². The van der Waals surface area contributed by atoms with Gasteiger partial charge in [0.25, 0.3) is 0 Å². The highest BCUT2D eigenvalue weighted by Crippen LogP contribution is 2.37. The number of amidine groups is 1. The fraction of sp³-hybridized carbons (Fsp3) is 0.125. The molecule has 3 rings (SSSR count). The molecule has 10 heteroatoms. The zero-order valence-corrected chi connectivity index (χ0v) is 16.4. The van der Waals surface area contributed by atoms with E-state index in [1.54, 1.807) is 13.0 Å². The second-order valence-corrected chi connectivity index (χ2v) is 7.95. The van der Waals surface area contributed by atoms with Crippen molar-refractivity contribution in [1.29, 1.82) is 5.41 Å². The van der Waals surface area contributed by atoms with Crippen molar-refractivity contribution in [2.24, 2.45) is 5.14 Å². The number of hydrogen-bond donors (Lipinski definition) is 3. The quantitative estimate of drug-likeness (QED) is 0.448. The molecule has 4 N–H and O–H groups in total. The molecule has 7 nitrogen and oxygen atoms in total. The zero-order valence-electron chi connectivity index (χ0n) is 13.9. The number of thiazole rings is 1. The van der Waals surface area contributed by atoms with Gasteiger partial charge in [-0.05, 0) is 43.3 Å². The van der Waals surface area contributed by atoms with Crippen molar-refractivity contribution in [3.8, 4) is 16.3 Å². The minimum atomic E-state index is -3.82. The number of sulfonamides is 1. The van der Waals surface area contributed by atoms with E-state index in [4.69, 9.17) is 15.3 Å². The van der Waals surface area contributed by atoms with Crippen LogP contribution in [0.3, 0.4) is 0 Å². The Hall–Kier alpha value is -2.20. The molecular weight excluding hydrogens is 396 g/mol. The number of fused-ring (bicyclic) bond motifs is 1. The molecule has 0 unspecified atom stereocenters. The molecule has 0 saturated carbocycles. The third kappa shape index (κ3) is 4.13. The summed E-state index contributed by atoms with van der Waals surface area (Å²) in [7, 11) is -2.31. The number of aromatic nitrogens is 1. The number of halogens is 1. The van der Waals surface area contributed by atoms with Crippen LogP contribution in [0.5, 0.6) is 5.75 Å². The van der Waals surface area contributed by atoms with Gasteiger partial charge in [-0.2, -0.15) is 0 Å². The van der Waals surface area contributed by atoms with Crippen molar-refractivity contribution in [1.82, 2.24) is 4.98 Å². The third-order valence-electron chi connectivity index (χ3n) is 3.45. The maximum Gasteiger partial charge on any atom is 0.238 e. The molecule has 0 aliphatic rings. The van der Waals surface area contributed by atoms with E-state index in [1.807, 2.05) is 18.2 Å². The van der Waals surface area contributed by atoms with Crippen LogP contribution in [0.4, 0.5) is 5.69 Å². The zero-order chi connectivity index (χ0) is 18.2. The van der Waals surface area contributed by atoms with Gasteiger partial charge >= 0.3 is 0 Å². The Labute approximate surface area is 161 Å². The van der Waals surface area contributed by atoms with Crippen molar-refractivity contribution in [2.75, 3.05) is 12.4 Å². The number of nitrogens with one attached hydrogen (secondary N) is 2. The van der Waals surface area contributed by atoms with Crippen LogP contribution in [-0.2, 0) is 10.0 Å². The number of methoxy groups -OCH3 is 1. The minimum absolute atomic E-state index is 0. The Kier molecular flexibility index (Phi) is 5.87. The molecule has 0 amide bonds. The van der Waals surface area contributed by atoms with Crippen LogP contribution in [0, 0.1) is 5.41 Å². The second kappa shape index (κ2) is 7.58. The average Bonchev–Trinajstić information content (AvgIpc) is 2.95. The molecule has 0 fully saturated rings. The molecule has 0 radical (unpaired) electrons. The van der Waals surface area contributed by atoms with Gasteiger partial charge in [0.1, 0.15) is 10.8 Å². The lowest BCUT2D eigenvalue weighted by atomic mass is 10.2. The predicted molar refractivity (Wildman–Crippen MR) is 107 cm³/mol. The number of ether oxygens (including phenoxy) is 1. The lowest BCUT2D eigenvalue weighted by molar-refractivity contribution is 0.416. The van der Waals surface area contributed by atoms with Gasteiger partial charge in [-0.15, -0.1) is 23.7 Å². The summed E-state index contributed by atoms with van der Waals surface area (Å²) in [5.41, 5.74) is 2.07. The first-order chi connectivity index (χ1) is 11.8. The summed E-state index contributed by atoms with van der Waals surface area (Å²) < 4.78 is 29.5. The number of nitrogens with zero attached hydrogens (tertiary/aromatic N) is 1. The summed E-state index contributed by atoms with van der Waals surface area (Å²) in [5.74, 6) is 0.845. The summed E-state index contributed by atoms with van der Waals surface area (Å²) >= 11 is 1.42. The van der Waals surface area contributed by atoms with Crippen LogP contribution in [0.1, 0.15) is 6.92 Å². The summed E-state index contributed by atoms with van der Waals surface area (Å²) in [6.45, 7) is 1.65. The monoisotopic (exact) mass is 412 g/mol. The van der Waals surface area contributed by atoms with Crippen molar-refractivity contribution >= 4 is 55.5 Å². The second-order valence-electron chi connectivity index (χ2n) is 5.36. The number of rotatable bonds is 4. The summed E-state index contributed by atoms with van der Waals surface area (Å²) in [6.07, 6.45) is 0. The van der Waals surface area contributed by atoms with Crippen LogP contribution < -0.4 is 15.2 Å². The van der Waals surface area contributed by atoms with E-state index >= 15 is 0 Å². The Balaban J connectivity index is 0.00000243. The Morgan fingerprint density at radius 1 is 1.27 bits per heavy atom. The van der Waals surface area contributed by atoms with E-state index in [1.165, 1.54) is 30.6 Å². The predicted octanol–water partition coefficient (Wildman–Crippen LogP) is 3.45. The summed E-state index contributed by atoms with van der Waals surface area (Å²) in [6, 6.07) is 10.0. The normalized spacial score (nSPS) is 11.0. The number of benzene rings is 2. The first-order valence-electron chi connectivity index (χ1n) is 7.22. The number of hydrogen-bond acceptors (Lipinski definition) is 6. The highest BCUT2D eigenvalue weighted by atomic mass is 35.5. The molecule has 0 spiro atoms. The third-order valence-corrected chi connectivity index (χ3v) is 5.43. The topological polar surface area (TPSA) is 118 Å². The van der Waals surface area contributed by atoms with Crippen LogP contribution in [-0.4, -0.2) is 26.3 Å². The van der Waals surface area contributed by atoms with Crippen molar-refractivity contribution in [2.45, 2.75) is 11.8 Å². The van der Waals surface area contributed by atoms with Gasteiger partial charge in [-0.3, -0.25) is 5.41 Å². The first-order valence-corrected chi connectivity index (χ1v) is 9.58. The molecule has 138 valence electrons. The minimum Gasteiger partial charge on any atom is -0.496 e. The van der Waals surface area contributed by atoms with Crippen molar-refractivity contribution < 1.29 is 13.2 Å². The van der Waals surface area contributed by atoms with Gasteiger partial charge in [0, 0.05) is 5.69 Å². The highest BCUT2D eigenvalue weighted by molar-refractivity contribution is 7.89. The number of nitrogens with two attached hydrogens (primary N) is 1. The van der Waals surface area contributed by atoms with E-state index in [-0.39, 0.29) is 17.3 Å². The molecule has 0 bridgehead atoms. The van der Waals surface area contributed by atoms with E-state index in [2.05, 4.69) is 10.3 Å². The van der Waals surface area contributed by atoms with Crippen molar-refractivity contribution in [3.05, 3.63) is 36.4 Å². The first kappa shape index (κ1) is 20.1. The van der Waals surface area contributed by atoms with Crippen LogP contribution in [0.15, 0.2) is 41.3 Å². The van der Waals surface area contributed by atoms with Crippen LogP contribution in [0.25, 0.3) is 20.8 Å². The van der Waals surface area contributed by atoms with E-state index in [9.17, 15) is 8.42 Å². The summed E-state index contributed by atoms with van der Waals surface area (Å²) in [4.78, 5) is 4.58. The maximum absolute atomic E-state index is 11.6. The standard InChI is InChI=1S/C16H16N4O3S2.ClH/c1-9(17)19-10-3-6-15-13(7-10)20-16(24-15)12-8-11(25(18,21)22)4-5-14(12)23-2;/h3-8H,1-2H3,(H2,17,19)(H2,18,21,22);1H. The molecule has 26 heavy (non-hydrogen) atoms. The largest absolute Gasteiger partial charge is 0.496 e. The molecule has 2 aromatic carbocycles. The SMILES string of the molecule is COc1ccc(S(N)(=O)=O)cc1-c1nc2cc(NC(C)=N)ccc2s1.Cl.